The predicted molar refractivity (Wildman–Crippen MR) is 121 cm³/mol. The van der Waals surface area contributed by atoms with E-state index in [0.29, 0.717) is 51.8 Å². The second kappa shape index (κ2) is 11.7. The number of benzene rings is 2. The fourth-order valence-corrected chi connectivity index (χ4v) is 4.47. The lowest BCUT2D eigenvalue weighted by Crippen LogP contribution is -2.40. The zero-order valence-electron chi connectivity index (χ0n) is 18.0. The quantitative estimate of drug-likeness (QED) is 0.432. The molecular weight excluding hydrogens is 432 g/mol. The number of carbonyl (C=O) groups is 1. The van der Waals surface area contributed by atoms with Crippen LogP contribution in [0.4, 0.5) is 0 Å². The highest BCUT2D eigenvalue weighted by Crippen LogP contribution is 2.18. The summed E-state index contributed by atoms with van der Waals surface area (Å²) in [4.78, 5) is 12.2. The van der Waals surface area contributed by atoms with Crippen molar-refractivity contribution in [3.8, 4) is 11.5 Å². The van der Waals surface area contributed by atoms with Crippen molar-refractivity contribution in [2.24, 2.45) is 0 Å². The maximum absolute atomic E-state index is 12.6. The Kier molecular flexibility index (Phi) is 8.66. The molecule has 0 aliphatic carbocycles. The highest BCUT2D eigenvalue weighted by Gasteiger charge is 2.25. The minimum absolute atomic E-state index is 0.229. The van der Waals surface area contributed by atoms with Crippen LogP contribution in [0.3, 0.4) is 0 Å². The van der Waals surface area contributed by atoms with Crippen LogP contribution in [0.5, 0.6) is 11.5 Å². The van der Waals surface area contributed by atoms with Crippen molar-refractivity contribution in [1.82, 2.24) is 9.62 Å². The van der Waals surface area contributed by atoms with Crippen LogP contribution in [0, 0.1) is 0 Å². The monoisotopic (exact) mass is 460 g/mol. The molecule has 0 atom stereocenters. The highest BCUT2D eigenvalue weighted by atomic mass is 32.2. The Morgan fingerprint density at radius 2 is 1.66 bits per heavy atom. The zero-order chi connectivity index (χ0) is 22.8. The normalized spacial score (nSPS) is 14.9. The molecule has 3 rings (SSSR count). The summed E-state index contributed by atoms with van der Waals surface area (Å²) in [6.45, 7) is 4.74. The number of rotatable bonds is 10. The first-order valence-corrected chi connectivity index (χ1v) is 11.9. The van der Waals surface area contributed by atoms with Crippen molar-refractivity contribution >= 4 is 22.0 Å². The molecule has 2 aromatic rings. The van der Waals surface area contributed by atoms with E-state index >= 15 is 0 Å². The number of carbonyl (C=O) groups excluding carboxylic acids is 1. The molecule has 0 aromatic heterocycles. The van der Waals surface area contributed by atoms with Crippen LogP contribution >= 0.6 is 0 Å². The first-order chi connectivity index (χ1) is 15.5. The highest BCUT2D eigenvalue weighted by molar-refractivity contribution is 7.89. The molecule has 1 amide bonds. The van der Waals surface area contributed by atoms with E-state index in [1.807, 2.05) is 31.2 Å². The second-order valence-corrected chi connectivity index (χ2v) is 8.90. The van der Waals surface area contributed by atoms with Crippen molar-refractivity contribution in [3.63, 3.8) is 0 Å². The van der Waals surface area contributed by atoms with Gasteiger partial charge in [-0.1, -0.05) is 12.1 Å². The van der Waals surface area contributed by atoms with Gasteiger partial charge in [-0.05, 0) is 55.0 Å². The van der Waals surface area contributed by atoms with E-state index in [9.17, 15) is 13.2 Å². The maximum atomic E-state index is 12.6. The van der Waals surface area contributed by atoms with E-state index in [0.717, 1.165) is 11.3 Å². The third kappa shape index (κ3) is 6.81. The lowest BCUT2D eigenvalue weighted by molar-refractivity contribution is -0.116. The first-order valence-electron chi connectivity index (χ1n) is 10.5. The van der Waals surface area contributed by atoms with Gasteiger partial charge in [-0.25, -0.2) is 8.42 Å². The Bertz CT molecular complexity index is 998. The fraction of sp³-hybridized carbons (Fsp3) is 0.348. The van der Waals surface area contributed by atoms with E-state index in [1.165, 1.54) is 10.4 Å². The molecule has 172 valence electrons. The lowest BCUT2D eigenvalue weighted by Gasteiger charge is -2.26. The van der Waals surface area contributed by atoms with Gasteiger partial charge in [0.1, 0.15) is 18.1 Å². The number of ether oxygens (including phenoxy) is 3. The van der Waals surface area contributed by atoms with Crippen LogP contribution in [-0.2, 0) is 19.6 Å². The van der Waals surface area contributed by atoms with Crippen molar-refractivity contribution < 1.29 is 27.4 Å². The summed E-state index contributed by atoms with van der Waals surface area (Å²) in [6.07, 6.45) is 3.04. The van der Waals surface area contributed by atoms with Gasteiger partial charge in [0, 0.05) is 19.2 Å². The van der Waals surface area contributed by atoms with E-state index < -0.39 is 10.0 Å². The summed E-state index contributed by atoms with van der Waals surface area (Å²) >= 11 is 0. The Morgan fingerprint density at radius 3 is 2.28 bits per heavy atom. The minimum Gasteiger partial charge on any atom is -0.494 e. The molecule has 1 heterocycles. The van der Waals surface area contributed by atoms with Gasteiger partial charge in [0.05, 0.1) is 31.3 Å². The summed E-state index contributed by atoms with van der Waals surface area (Å²) in [5.74, 6) is 1.22. The van der Waals surface area contributed by atoms with Gasteiger partial charge in [-0.3, -0.25) is 4.79 Å². The standard InChI is InChI=1S/C23H28N2O6S/c1-2-30-20-6-8-21(9-7-20)31-16-13-24-23(26)12-5-19-3-10-22(11-4-19)32(27,28)25-14-17-29-18-15-25/h3-12H,2,13-18H2,1H3,(H,24,26)/b12-5+. The summed E-state index contributed by atoms with van der Waals surface area (Å²) in [5.41, 5.74) is 0.728. The molecule has 0 radical (unpaired) electrons. The van der Waals surface area contributed by atoms with Gasteiger partial charge in [0.15, 0.2) is 0 Å². The van der Waals surface area contributed by atoms with Gasteiger partial charge in [-0.2, -0.15) is 4.31 Å². The molecule has 8 nitrogen and oxygen atoms in total. The molecule has 1 aliphatic heterocycles. The van der Waals surface area contributed by atoms with Crippen molar-refractivity contribution in [1.29, 1.82) is 0 Å². The average Bonchev–Trinajstić information content (AvgIpc) is 2.82. The van der Waals surface area contributed by atoms with E-state index in [-0.39, 0.29) is 10.8 Å². The fourth-order valence-electron chi connectivity index (χ4n) is 3.06. The Morgan fingerprint density at radius 1 is 1.03 bits per heavy atom. The molecule has 0 unspecified atom stereocenters. The largest absolute Gasteiger partial charge is 0.494 e. The van der Waals surface area contributed by atoms with Crippen molar-refractivity contribution in [3.05, 3.63) is 60.2 Å². The Labute approximate surface area is 188 Å². The molecule has 1 fully saturated rings. The second-order valence-electron chi connectivity index (χ2n) is 6.96. The predicted octanol–water partition coefficient (Wildman–Crippen LogP) is 2.31. The number of morpholine rings is 1. The molecule has 2 aromatic carbocycles. The molecular formula is C23H28N2O6S. The number of nitrogens with zero attached hydrogens (tertiary/aromatic N) is 1. The summed E-state index contributed by atoms with van der Waals surface area (Å²) in [6, 6.07) is 13.7. The maximum Gasteiger partial charge on any atom is 0.244 e. The lowest BCUT2D eigenvalue weighted by atomic mass is 10.2. The van der Waals surface area contributed by atoms with Crippen LogP contribution in [0.1, 0.15) is 12.5 Å². The van der Waals surface area contributed by atoms with Gasteiger partial charge >= 0.3 is 0 Å². The molecule has 0 saturated carbocycles. The smallest absolute Gasteiger partial charge is 0.244 e. The minimum atomic E-state index is -3.52. The van der Waals surface area contributed by atoms with E-state index in [1.54, 1.807) is 30.3 Å². The number of hydrogen-bond donors (Lipinski definition) is 1. The van der Waals surface area contributed by atoms with Crippen LogP contribution in [0.25, 0.3) is 6.08 Å². The SMILES string of the molecule is CCOc1ccc(OCCNC(=O)/C=C/c2ccc(S(=O)(=O)N3CCOCC3)cc2)cc1. The van der Waals surface area contributed by atoms with E-state index in [4.69, 9.17) is 14.2 Å². The number of hydrogen-bond acceptors (Lipinski definition) is 6. The van der Waals surface area contributed by atoms with E-state index in [2.05, 4.69) is 5.32 Å². The van der Waals surface area contributed by atoms with Gasteiger partial charge in [0.25, 0.3) is 0 Å². The third-order valence-electron chi connectivity index (χ3n) is 4.72. The topological polar surface area (TPSA) is 94.2 Å². The van der Waals surface area contributed by atoms with Gasteiger partial charge < -0.3 is 19.5 Å². The van der Waals surface area contributed by atoms with Crippen molar-refractivity contribution in [2.45, 2.75) is 11.8 Å². The molecule has 1 N–H and O–H groups in total. The van der Waals surface area contributed by atoms with Gasteiger partial charge in [-0.15, -0.1) is 0 Å². The van der Waals surface area contributed by atoms with Crippen LogP contribution in [0.15, 0.2) is 59.5 Å². The Balaban J connectivity index is 1.43. The van der Waals surface area contributed by atoms with Crippen molar-refractivity contribution in [2.75, 3.05) is 46.1 Å². The summed E-state index contributed by atoms with van der Waals surface area (Å²) in [5, 5.41) is 2.74. The van der Waals surface area contributed by atoms with Crippen LogP contribution < -0.4 is 14.8 Å². The molecule has 0 spiro atoms. The average molecular weight is 461 g/mol. The molecule has 9 heteroatoms. The molecule has 1 saturated heterocycles. The molecule has 1 aliphatic rings. The number of amides is 1. The molecule has 0 bridgehead atoms. The van der Waals surface area contributed by atoms with Crippen LogP contribution in [0.2, 0.25) is 0 Å². The van der Waals surface area contributed by atoms with Gasteiger partial charge in [0.2, 0.25) is 15.9 Å². The summed E-state index contributed by atoms with van der Waals surface area (Å²) < 4.78 is 42.8. The number of nitrogens with one attached hydrogen (secondary N) is 1. The zero-order valence-corrected chi connectivity index (χ0v) is 18.8. The summed E-state index contributed by atoms with van der Waals surface area (Å²) in [7, 11) is -3.52. The van der Waals surface area contributed by atoms with Crippen LogP contribution in [-0.4, -0.2) is 64.7 Å². The number of sulfonamides is 1. The first kappa shape index (κ1) is 23.8. The Hall–Kier alpha value is -2.88. The third-order valence-corrected chi connectivity index (χ3v) is 6.63. The molecule has 32 heavy (non-hydrogen) atoms.